The molecule has 1 unspecified atom stereocenters. The zero-order chi connectivity index (χ0) is 43.2. The van der Waals surface area contributed by atoms with E-state index in [0.717, 1.165) is 38.5 Å². The molecule has 2 bridgehead atoms. The summed E-state index contributed by atoms with van der Waals surface area (Å²) >= 11 is 0. The van der Waals surface area contributed by atoms with Crippen LogP contribution in [0.15, 0.2) is 24.3 Å². The fraction of sp³-hybridized carbons (Fsp3) is 0.568. The number of aromatic nitrogens is 3. The maximum atomic E-state index is 17.7. The average molecular weight is 848 g/mol. The van der Waals surface area contributed by atoms with Gasteiger partial charge in [-0.05, 0) is 97.7 Å². The lowest BCUT2D eigenvalue weighted by molar-refractivity contribution is 0.000915. The number of nitrogens with zero attached hydrogens (tertiary/aromatic N) is 6. The maximum Gasteiger partial charge on any atom is 0.412 e. The van der Waals surface area contributed by atoms with Crippen molar-refractivity contribution in [3.05, 3.63) is 41.7 Å². The number of carbonyl (C=O) groups excluding carboxylic acids is 2. The van der Waals surface area contributed by atoms with Gasteiger partial charge >= 0.3 is 18.2 Å². The van der Waals surface area contributed by atoms with Crippen LogP contribution in [0.2, 0.25) is 0 Å². The van der Waals surface area contributed by atoms with Crippen molar-refractivity contribution in [2.45, 2.75) is 110 Å². The van der Waals surface area contributed by atoms with Crippen LogP contribution in [-0.4, -0.2) is 118 Å². The Labute approximate surface area is 352 Å². The van der Waals surface area contributed by atoms with Crippen LogP contribution in [-0.2, 0) is 14.2 Å². The highest BCUT2D eigenvalue weighted by molar-refractivity contribution is 6.04. The lowest BCUT2D eigenvalue weighted by atomic mass is 9.98. The van der Waals surface area contributed by atoms with Crippen molar-refractivity contribution >= 4 is 45.4 Å². The van der Waals surface area contributed by atoms with Crippen molar-refractivity contribution in [1.29, 1.82) is 0 Å². The standard InChI is InChI=1S/C44H52F3N7O7/c1-23-36-29-11-9-26(54(29)41(56)61-43(5,6)7)20-53(36)37-31-35(50-39(51-37)58-22-44(12-13-44)21-52-14-16-57-17-15-52)33(47)34(49-38(31)59-23)27-19-25(48-40(55)60-42(2,3)4)18-24-8-10-28(45)32(46)30(24)27/h8,10,18-19,23,26,29,36H,9,11-17,20-22H2,1-7H3,(H,48,55)/t23-,26+,29-,36?/m0/s1. The Kier molecular flexibility index (Phi) is 10.2. The number of piperazine rings is 1. The van der Waals surface area contributed by atoms with E-state index in [2.05, 4.69) is 20.1 Å². The van der Waals surface area contributed by atoms with Crippen molar-refractivity contribution in [2.75, 3.05) is 56.2 Å². The van der Waals surface area contributed by atoms with Gasteiger partial charge < -0.3 is 28.6 Å². The summed E-state index contributed by atoms with van der Waals surface area (Å²) in [6, 6.07) is 3.95. The largest absolute Gasteiger partial charge is 0.472 e. The van der Waals surface area contributed by atoms with Crippen molar-refractivity contribution in [3.8, 4) is 23.1 Å². The van der Waals surface area contributed by atoms with Crippen LogP contribution in [0.25, 0.3) is 32.9 Å². The van der Waals surface area contributed by atoms with E-state index in [9.17, 15) is 9.59 Å². The summed E-state index contributed by atoms with van der Waals surface area (Å²) in [5.74, 6) is -3.03. The molecule has 3 saturated heterocycles. The topological polar surface area (TPSA) is 141 Å². The lowest BCUT2D eigenvalue weighted by Gasteiger charge is -2.48. The second-order valence-corrected chi connectivity index (χ2v) is 19.1. The SMILES string of the molecule is C[C@@H]1Oc2nc(-c3cc(NC(=O)OC(C)(C)C)cc4ccc(F)c(F)c34)c(F)c3nc(OCC4(CN5CCOCC5)CC4)nc(c23)N2C[C@H]3CC[C@@H](C12)N3C(=O)OC(C)(C)C. The minimum atomic E-state index is -1.23. The van der Waals surface area contributed by atoms with E-state index in [4.69, 9.17) is 33.7 Å². The summed E-state index contributed by atoms with van der Waals surface area (Å²) < 4.78 is 78.7. The number of halogens is 3. The Bertz CT molecular complexity index is 2410. The monoisotopic (exact) mass is 847 g/mol. The van der Waals surface area contributed by atoms with Crippen molar-refractivity contribution in [3.63, 3.8) is 0 Å². The van der Waals surface area contributed by atoms with Crippen LogP contribution in [0.1, 0.15) is 74.1 Å². The van der Waals surface area contributed by atoms with Crippen LogP contribution < -0.4 is 19.7 Å². The van der Waals surface area contributed by atoms with Crippen molar-refractivity contribution in [2.24, 2.45) is 5.41 Å². The number of ether oxygens (including phenoxy) is 5. The van der Waals surface area contributed by atoms with E-state index in [1.54, 1.807) is 25.7 Å². The minimum absolute atomic E-state index is 0.0315. The number of hydrogen-bond acceptors (Lipinski definition) is 12. The number of benzene rings is 2. The highest BCUT2D eigenvalue weighted by Gasteiger charge is 2.54. The van der Waals surface area contributed by atoms with Crippen LogP contribution in [0, 0.1) is 22.9 Å². The van der Waals surface area contributed by atoms with Crippen LogP contribution in [0.4, 0.5) is 34.3 Å². The summed E-state index contributed by atoms with van der Waals surface area (Å²) in [5.41, 5.74) is -2.30. The zero-order valence-corrected chi connectivity index (χ0v) is 35.6. The molecule has 1 saturated carbocycles. The predicted molar refractivity (Wildman–Crippen MR) is 221 cm³/mol. The molecule has 14 nitrogen and oxygen atoms in total. The second-order valence-electron chi connectivity index (χ2n) is 19.1. The zero-order valence-electron chi connectivity index (χ0n) is 35.6. The summed E-state index contributed by atoms with van der Waals surface area (Å²) in [5, 5.41) is 2.73. The average Bonchev–Trinajstić information content (AvgIpc) is 3.89. The molecule has 2 aromatic heterocycles. The molecule has 4 aliphatic heterocycles. The molecule has 4 fully saturated rings. The van der Waals surface area contributed by atoms with E-state index in [1.807, 2.05) is 27.7 Å². The third-order valence-electron chi connectivity index (χ3n) is 12.1. The van der Waals surface area contributed by atoms with Gasteiger partial charge in [-0.25, -0.2) is 27.7 Å². The summed E-state index contributed by atoms with van der Waals surface area (Å²) in [6.07, 6.45) is 1.41. The number of fused-ring (bicyclic) bond motifs is 6. The predicted octanol–water partition coefficient (Wildman–Crippen LogP) is 7.84. The molecule has 326 valence electrons. The fourth-order valence-corrected chi connectivity index (χ4v) is 9.31. The van der Waals surface area contributed by atoms with Crippen molar-refractivity contribution in [1.82, 2.24) is 24.8 Å². The number of morpholine rings is 1. The quantitative estimate of drug-likeness (QED) is 0.194. The molecule has 5 aliphatic rings. The molecule has 0 spiro atoms. The smallest absolute Gasteiger partial charge is 0.412 e. The molecule has 6 heterocycles. The number of anilines is 2. The van der Waals surface area contributed by atoms with Gasteiger partial charge in [0.25, 0.3) is 0 Å². The summed E-state index contributed by atoms with van der Waals surface area (Å²) in [6.45, 7) is 16.9. The third kappa shape index (κ3) is 7.94. The second kappa shape index (κ2) is 15.0. The molecule has 4 atom stereocenters. The Morgan fingerprint density at radius 1 is 0.934 bits per heavy atom. The Balaban J connectivity index is 1.18. The molecule has 1 aliphatic carbocycles. The molecule has 4 aromatic rings. The number of hydrogen-bond donors (Lipinski definition) is 1. The van der Waals surface area contributed by atoms with Gasteiger partial charge in [0.1, 0.15) is 39.7 Å². The number of rotatable bonds is 7. The first-order valence-electron chi connectivity index (χ1n) is 21.1. The molecular formula is C44H52F3N7O7. The van der Waals surface area contributed by atoms with Gasteiger partial charge in [0.15, 0.2) is 17.5 Å². The van der Waals surface area contributed by atoms with Gasteiger partial charge in [-0.1, -0.05) is 6.07 Å². The highest BCUT2D eigenvalue weighted by atomic mass is 19.2. The molecule has 17 heteroatoms. The Morgan fingerprint density at radius 2 is 1.67 bits per heavy atom. The maximum absolute atomic E-state index is 17.7. The molecule has 0 radical (unpaired) electrons. The van der Waals surface area contributed by atoms with Crippen LogP contribution >= 0.6 is 0 Å². The normalized spacial score (nSPS) is 23.3. The molecule has 1 N–H and O–H groups in total. The van der Waals surface area contributed by atoms with Gasteiger partial charge in [0, 0.05) is 48.2 Å². The Morgan fingerprint density at radius 3 is 2.38 bits per heavy atom. The van der Waals surface area contributed by atoms with Gasteiger partial charge in [-0.15, -0.1) is 0 Å². The molecule has 2 amide bonds. The fourth-order valence-electron chi connectivity index (χ4n) is 9.31. The molecule has 9 rings (SSSR count). The van der Waals surface area contributed by atoms with E-state index < -0.39 is 58.7 Å². The van der Waals surface area contributed by atoms with E-state index in [1.165, 1.54) is 18.2 Å². The first-order chi connectivity index (χ1) is 28.9. The van der Waals surface area contributed by atoms with E-state index in [0.29, 0.717) is 45.0 Å². The minimum Gasteiger partial charge on any atom is -0.472 e. The number of nitrogens with one attached hydrogen (secondary N) is 1. The first kappa shape index (κ1) is 41.2. The molecule has 61 heavy (non-hydrogen) atoms. The van der Waals surface area contributed by atoms with Gasteiger partial charge in [0.05, 0.1) is 37.9 Å². The summed E-state index contributed by atoms with van der Waals surface area (Å²) in [4.78, 5) is 47.3. The summed E-state index contributed by atoms with van der Waals surface area (Å²) in [7, 11) is 0. The Hall–Kier alpha value is -5.16. The number of carbonyl (C=O) groups is 2. The molecular weight excluding hydrogens is 796 g/mol. The van der Waals surface area contributed by atoms with Crippen molar-refractivity contribution < 1.29 is 46.4 Å². The van der Waals surface area contributed by atoms with Gasteiger partial charge in [0.2, 0.25) is 5.88 Å². The van der Waals surface area contributed by atoms with Gasteiger partial charge in [-0.2, -0.15) is 9.97 Å². The van der Waals surface area contributed by atoms with E-state index in [-0.39, 0.29) is 62.3 Å². The first-order valence-corrected chi connectivity index (χ1v) is 21.1. The molecule has 2 aromatic carbocycles. The van der Waals surface area contributed by atoms with E-state index >= 15 is 13.2 Å². The lowest BCUT2D eigenvalue weighted by Crippen LogP contribution is -2.65. The van der Waals surface area contributed by atoms with Gasteiger partial charge in [-0.3, -0.25) is 15.1 Å². The van der Waals surface area contributed by atoms with Crippen LogP contribution in [0.3, 0.4) is 0 Å². The third-order valence-corrected chi connectivity index (χ3v) is 12.1. The highest BCUT2D eigenvalue weighted by Crippen LogP contribution is 2.49. The number of amides is 2. The van der Waals surface area contributed by atoms with Crippen LogP contribution in [0.5, 0.6) is 11.9 Å². The number of pyridine rings is 1.